The fourth-order valence-corrected chi connectivity index (χ4v) is 2.38. The molecule has 0 fully saturated rings. The molecule has 0 radical (unpaired) electrons. The van der Waals surface area contributed by atoms with Crippen molar-refractivity contribution in [1.82, 2.24) is 0 Å². The van der Waals surface area contributed by atoms with Gasteiger partial charge in [0.1, 0.15) is 0 Å². The Kier molecular flexibility index (Phi) is 5.94. The van der Waals surface area contributed by atoms with Crippen LogP contribution in [-0.4, -0.2) is 10.5 Å². The zero-order valence-electron chi connectivity index (χ0n) is 10.5. The number of benzene rings is 1. The van der Waals surface area contributed by atoms with Crippen molar-refractivity contribution in [2.45, 2.75) is 32.0 Å². The van der Waals surface area contributed by atoms with Gasteiger partial charge in [-0.2, -0.15) is 0 Å². The zero-order valence-corrected chi connectivity index (χ0v) is 12.7. The lowest BCUT2D eigenvalue weighted by molar-refractivity contribution is 0.0730. The normalized spacial score (nSPS) is 18.7. The smallest absolute Gasteiger partial charge is 0.0798 e. The van der Waals surface area contributed by atoms with Crippen LogP contribution in [0.3, 0.4) is 0 Å². The van der Waals surface area contributed by atoms with Crippen molar-refractivity contribution in [3.05, 3.63) is 59.7 Å². The van der Waals surface area contributed by atoms with E-state index < -0.39 is 0 Å². The van der Waals surface area contributed by atoms with Gasteiger partial charge in [-0.3, -0.25) is 0 Å². The van der Waals surface area contributed by atoms with Gasteiger partial charge in [0.25, 0.3) is 0 Å². The van der Waals surface area contributed by atoms with E-state index in [1.165, 1.54) is 28.4 Å². The summed E-state index contributed by atoms with van der Waals surface area (Å²) < 4.78 is 7.12. The average Bonchev–Trinajstić information content (AvgIpc) is 2.45. The van der Waals surface area contributed by atoms with E-state index in [1.807, 2.05) is 6.07 Å². The minimum atomic E-state index is 0.244. The van der Waals surface area contributed by atoms with Crippen LogP contribution < -0.4 is 0 Å². The van der Waals surface area contributed by atoms with Crippen LogP contribution in [0, 0.1) is 0 Å². The molecule has 1 atom stereocenters. The Hall–Kier alpha value is -0.610. The summed E-state index contributed by atoms with van der Waals surface area (Å²) in [5.74, 6) is 0. The van der Waals surface area contributed by atoms with E-state index in [0.29, 0.717) is 6.61 Å². The second kappa shape index (κ2) is 7.74. The number of halogens is 1. The fourth-order valence-electron chi connectivity index (χ4n) is 2.00. The molecule has 1 aliphatic rings. The average molecular weight is 354 g/mol. The van der Waals surface area contributed by atoms with Gasteiger partial charge >= 0.3 is 0 Å². The quantitative estimate of drug-likeness (QED) is 0.533. The Morgan fingerprint density at radius 3 is 2.72 bits per heavy atom. The van der Waals surface area contributed by atoms with E-state index in [-0.39, 0.29) is 6.10 Å². The molecule has 0 spiro atoms. The third kappa shape index (κ3) is 4.58. The van der Waals surface area contributed by atoms with Crippen LogP contribution in [0.25, 0.3) is 0 Å². The van der Waals surface area contributed by atoms with Crippen molar-refractivity contribution in [3.63, 3.8) is 0 Å². The maximum Gasteiger partial charge on any atom is 0.0798 e. The van der Waals surface area contributed by atoms with E-state index >= 15 is 0 Å². The molecule has 0 N–H and O–H groups in total. The standard InChI is InChI=1S/C16H19IO/c17-12-4-7-14-8-10-16(11-9-14)18-13-15-5-2-1-3-6-15/h1-3,5-6,8-10,16H,4,7,11-13H2. The molecule has 96 valence electrons. The number of hydrogen-bond acceptors (Lipinski definition) is 1. The molecule has 0 heterocycles. The molecular weight excluding hydrogens is 335 g/mol. The topological polar surface area (TPSA) is 9.23 Å². The summed E-state index contributed by atoms with van der Waals surface area (Å²) in [5.41, 5.74) is 2.71. The SMILES string of the molecule is ICCCC1=CCC(OCc2ccccc2)C=C1. The highest BCUT2D eigenvalue weighted by molar-refractivity contribution is 14.1. The second-order valence-electron chi connectivity index (χ2n) is 4.50. The lowest BCUT2D eigenvalue weighted by atomic mass is 10.0. The van der Waals surface area contributed by atoms with Gasteiger partial charge in [0, 0.05) is 0 Å². The molecule has 2 rings (SSSR count). The number of hydrogen-bond donors (Lipinski definition) is 0. The predicted octanol–water partition coefficient (Wildman–Crippen LogP) is 4.67. The van der Waals surface area contributed by atoms with Gasteiger partial charge in [0.15, 0.2) is 0 Å². The van der Waals surface area contributed by atoms with Crippen LogP contribution in [0.2, 0.25) is 0 Å². The molecule has 0 aromatic heterocycles. The molecule has 2 heteroatoms. The third-order valence-corrected chi connectivity index (χ3v) is 3.81. The summed E-state index contributed by atoms with van der Waals surface area (Å²) >= 11 is 2.43. The first-order chi connectivity index (χ1) is 8.88. The molecule has 0 bridgehead atoms. The maximum absolute atomic E-state index is 5.89. The molecule has 0 saturated heterocycles. The van der Waals surface area contributed by atoms with E-state index in [9.17, 15) is 0 Å². The Labute approximate surface area is 123 Å². The summed E-state index contributed by atoms with van der Waals surface area (Å²) in [5, 5.41) is 0. The molecule has 1 nitrogen and oxygen atoms in total. The van der Waals surface area contributed by atoms with Crippen LogP contribution in [0.15, 0.2) is 54.1 Å². The van der Waals surface area contributed by atoms with Crippen LogP contribution in [0.1, 0.15) is 24.8 Å². The van der Waals surface area contributed by atoms with Gasteiger partial charge in [-0.05, 0) is 29.3 Å². The summed E-state index contributed by atoms with van der Waals surface area (Å²) in [6.07, 6.45) is 10.5. The van der Waals surface area contributed by atoms with E-state index in [4.69, 9.17) is 4.74 Å². The molecule has 0 amide bonds. The number of alkyl halides is 1. The van der Waals surface area contributed by atoms with Crippen LogP contribution >= 0.6 is 22.6 Å². The van der Waals surface area contributed by atoms with Crippen molar-refractivity contribution in [2.75, 3.05) is 4.43 Å². The van der Waals surface area contributed by atoms with Gasteiger partial charge in [-0.1, -0.05) is 76.7 Å². The van der Waals surface area contributed by atoms with Gasteiger partial charge in [0.2, 0.25) is 0 Å². The second-order valence-corrected chi connectivity index (χ2v) is 5.58. The molecule has 1 aromatic carbocycles. The highest BCUT2D eigenvalue weighted by Crippen LogP contribution is 2.18. The molecule has 1 aromatic rings. The fraction of sp³-hybridized carbons (Fsp3) is 0.375. The summed E-state index contributed by atoms with van der Waals surface area (Å²) in [7, 11) is 0. The summed E-state index contributed by atoms with van der Waals surface area (Å²) in [6, 6.07) is 10.4. The van der Waals surface area contributed by atoms with Gasteiger partial charge in [-0.25, -0.2) is 0 Å². The van der Waals surface area contributed by atoms with Gasteiger partial charge < -0.3 is 4.74 Å². The Morgan fingerprint density at radius 2 is 2.06 bits per heavy atom. The molecule has 0 aliphatic heterocycles. The monoisotopic (exact) mass is 354 g/mol. The first kappa shape index (κ1) is 13.8. The van der Waals surface area contributed by atoms with Crippen LogP contribution in [0.4, 0.5) is 0 Å². The molecule has 0 saturated carbocycles. The van der Waals surface area contributed by atoms with Crippen molar-refractivity contribution in [3.8, 4) is 0 Å². The number of rotatable bonds is 6. The highest BCUT2D eigenvalue weighted by atomic mass is 127. The first-order valence-corrected chi connectivity index (χ1v) is 8.00. The van der Waals surface area contributed by atoms with Crippen LogP contribution in [-0.2, 0) is 11.3 Å². The molecule has 1 unspecified atom stereocenters. The Bertz CT molecular complexity index is 408. The number of ether oxygens (including phenoxy) is 1. The first-order valence-electron chi connectivity index (χ1n) is 6.47. The van der Waals surface area contributed by atoms with Gasteiger partial charge in [0.05, 0.1) is 12.7 Å². The van der Waals surface area contributed by atoms with Crippen molar-refractivity contribution < 1.29 is 4.74 Å². The largest absolute Gasteiger partial charge is 0.369 e. The Balaban J connectivity index is 1.74. The number of allylic oxidation sites excluding steroid dienone is 2. The maximum atomic E-state index is 5.89. The predicted molar refractivity (Wildman–Crippen MR) is 85.0 cm³/mol. The van der Waals surface area contributed by atoms with E-state index in [1.54, 1.807) is 0 Å². The van der Waals surface area contributed by atoms with Crippen LogP contribution in [0.5, 0.6) is 0 Å². The summed E-state index contributed by atoms with van der Waals surface area (Å²) in [6.45, 7) is 0.701. The molecule has 1 aliphatic carbocycles. The highest BCUT2D eigenvalue weighted by Gasteiger charge is 2.08. The lowest BCUT2D eigenvalue weighted by Gasteiger charge is -2.17. The third-order valence-electron chi connectivity index (χ3n) is 3.04. The minimum absolute atomic E-state index is 0.244. The van der Waals surface area contributed by atoms with E-state index in [2.05, 4.69) is 65.1 Å². The van der Waals surface area contributed by atoms with Crippen molar-refractivity contribution in [1.29, 1.82) is 0 Å². The van der Waals surface area contributed by atoms with Crippen molar-refractivity contribution >= 4 is 22.6 Å². The lowest BCUT2D eigenvalue weighted by Crippen LogP contribution is -2.11. The zero-order chi connectivity index (χ0) is 12.6. The molecule has 18 heavy (non-hydrogen) atoms. The van der Waals surface area contributed by atoms with Gasteiger partial charge in [-0.15, -0.1) is 0 Å². The minimum Gasteiger partial charge on any atom is -0.369 e. The summed E-state index contributed by atoms with van der Waals surface area (Å²) in [4.78, 5) is 0. The van der Waals surface area contributed by atoms with E-state index in [0.717, 1.165) is 6.42 Å². The molecular formula is C16H19IO. The van der Waals surface area contributed by atoms with Crippen molar-refractivity contribution in [2.24, 2.45) is 0 Å². The Morgan fingerprint density at radius 1 is 1.22 bits per heavy atom.